The van der Waals surface area contributed by atoms with E-state index < -0.39 is 0 Å². The molecule has 20 N–H and O–H groups in total. The van der Waals surface area contributed by atoms with Gasteiger partial charge in [-0.2, -0.15) is 0 Å². The molecule has 0 aliphatic heterocycles. The minimum atomic E-state index is 0. The molecule has 12 heteroatoms. The van der Waals surface area contributed by atoms with E-state index in [1.807, 2.05) is 0 Å². The highest BCUT2D eigenvalue weighted by Crippen LogP contribution is 0.717. The minimum Gasteiger partial charge on any atom is -0.344 e. The standard InChI is InChI=1S/4H3N.4H2O2/c;;;;4*1-2/h4*1H3;4*1-2H. The molecule has 0 bridgehead atoms. The fraction of sp³-hybridized carbons (Fsp3) is 0. The number of hydrogen-bond acceptors (Lipinski definition) is 12. The Bertz CT molecular complexity index is 11.0. The number of rotatable bonds is 0. The van der Waals surface area contributed by atoms with Crippen molar-refractivity contribution in [2.45, 2.75) is 0 Å². The first-order valence-corrected chi connectivity index (χ1v) is 0.800. The highest BCUT2D eigenvalue weighted by atomic mass is 17.0. The van der Waals surface area contributed by atoms with Crippen LogP contribution in [0.1, 0.15) is 0 Å². The summed E-state index contributed by atoms with van der Waals surface area (Å²) >= 11 is 0. The maximum absolute atomic E-state index is 6.00. The molecule has 88 valence electrons. The third-order valence-corrected chi connectivity index (χ3v) is 0. The van der Waals surface area contributed by atoms with Crippen molar-refractivity contribution in [2.75, 3.05) is 0 Å². The van der Waals surface area contributed by atoms with Gasteiger partial charge in [0.1, 0.15) is 0 Å². The SMILES string of the molecule is N.N.N.N.OO.OO.OO.OO. The van der Waals surface area contributed by atoms with Crippen molar-refractivity contribution in [1.82, 2.24) is 24.6 Å². The molecule has 0 aromatic rings. The Morgan fingerprint density at radius 2 is 0.250 bits per heavy atom. The van der Waals surface area contributed by atoms with Gasteiger partial charge in [-0.3, -0.25) is 42.1 Å². The summed E-state index contributed by atoms with van der Waals surface area (Å²) in [6.07, 6.45) is 0. The molecule has 0 spiro atoms. The summed E-state index contributed by atoms with van der Waals surface area (Å²) in [7, 11) is 0. The first-order chi connectivity index (χ1) is 4.00. The van der Waals surface area contributed by atoms with Gasteiger partial charge in [-0.15, -0.1) is 0 Å². The van der Waals surface area contributed by atoms with Gasteiger partial charge in [-0.05, 0) is 0 Å². The lowest BCUT2D eigenvalue weighted by Crippen LogP contribution is -1.29. The number of hydrogen-bond donors (Lipinski definition) is 12. The molecule has 0 heterocycles. The van der Waals surface area contributed by atoms with E-state index in [1.54, 1.807) is 0 Å². The second kappa shape index (κ2) is 4140. The Hall–Kier alpha value is -0.480. The van der Waals surface area contributed by atoms with Crippen LogP contribution in [0.25, 0.3) is 0 Å². The lowest BCUT2D eigenvalue weighted by atomic mass is 14.0. The molecule has 0 aliphatic carbocycles. The van der Waals surface area contributed by atoms with Crippen molar-refractivity contribution >= 4 is 0 Å². The Labute approximate surface area is 68.0 Å². The summed E-state index contributed by atoms with van der Waals surface area (Å²) in [6.45, 7) is 0. The smallest absolute Gasteiger partial charge is 0.255 e. The van der Waals surface area contributed by atoms with E-state index in [4.69, 9.17) is 42.1 Å². The van der Waals surface area contributed by atoms with Crippen LogP contribution in [-0.2, 0) is 0 Å². The van der Waals surface area contributed by atoms with Crippen LogP contribution in [0.2, 0.25) is 0 Å². The molecular formula is H20N4O8. The van der Waals surface area contributed by atoms with Crippen LogP contribution in [0.15, 0.2) is 0 Å². The summed E-state index contributed by atoms with van der Waals surface area (Å²) < 4.78 is 0. The van der Waals surface area contributed by atoms with Crippen molar-refractivity contribution in [1.29, 1.82) is 0 Å². The predicted molar refractivity (Wildman–Crippen MR) is 41.1 cm³/mol. The molecule has 0 atom stereocenters. The average Bonchev–Trinajstić information content (AvgIpc) is 2.03. The van der Waals surface area contributed by atoms with Crippen molar-refractivity contribution in [2.24, 2.45) is 0 Å². The normalized spacial score (nSPS) is 2.00. The molecule has 0 amide bonds. The quantitative estimate of drug-likeness (QED) is 0.191. The van der Waals surface area contributed by atoms with E-state index in [1.165, 1.54) is 0 Å². The molecule has 0 aliphatic rings. The lowest BCUT2D eigenvalue weighted by Gasteiger charge is -1.25. The molecule has 12 nitrogen and oxygen atoms in total. The Morgan fingerprint density at radius 1 is 0.250 bits per heavy atom. The van der Waals surface area contributed by atoms with Crippen LogP contribution in [-0.4, -0.2) is 42.1 Å². The Morgan fingerprint density at radius 3 is 0.250 bits per heavy atom. The molecule has 0 saturated carbocycles. The second-order valence-corrected chi connectivity index (χ2v) is 0. The summed E-state index contributed by atoms with van der Waals surface area (Å²) in [5, 5.41) is 48.0. The fourth-order valence-electron chi connectivity index (χ4n) is 0. The minimum absolute atomic E-state index is 0. The van der Waals surface area contributed by atoms with Gasteiger partial charge in [-0.25, -0.2) is 0 Å². The summed E-state index contributed by atoms with van der Waals surface area (Å²) in [5.41, 5.74) is 0. The molecule has 0 aromatic heterocycles. The van der Waals surface area contributed by atoms with Gasteiger partial charge in [0.15, 0.2) is 0 Å². The van der Waals surface area contributed by atoms with E-state index >= 15 is 0 Å². The van der Waals surface area contributed by atoms with E-state index in [-0.39, 0.29) is 24.6 Å². The second-order valence-electron chi connectivity index (χ2n) is 0. The van der Waals surface area contributed by atoms with Gasteiger partial charge >= 0.3 is 0 Å². The van der Waals surface area contributed by atoms with E-state index in [9.17, 15) is 0 Å². The van der Waals surface area contributed by atoms with E-state index in [0.29, 0.717) is 0 Å². The average molecular weight is 204 g/mol. The zero-order chi connectivity index (χ0) is 8.00. The Balaban J connectivity index is -0.00000000267. The van der Waals surface area contributed by atoms with Gasteiger partial charge in [0.2, 0.25) is 0 Å². The zero-order valence-electron chi connectivity index (χ0n) is 6.41. The van der Waals surface area contributed by atoms with Crippen LogP contribution in [0, 0.1) is 0 Å². The summed E-state index contributed by atoms with van der Waals surface area (Å²) in [6, 6.07) is 0. The highest BCUT2D eigenvalue weighted by molar-refractivity contribution is 2.14. The molecule has 0 unspecified atom stereocenters. The highest BCUT2D eigenvalue weighted by Gasteiger charge is 0.751. The molecule has 0 fully saturated rings. The van der Waals surface area contributed by atoms with Gasteiger partial charge in [-0.1, -0.05) is 0 Å². The maximum atomic E-state index is 6.00. The third-order valence-electron chi connectivity index (χ3n) is 0. The van der Waals surface area contributed by atoms with Crippen LogP contribution in [0.3, 0.4) is 0 Å². The lowest BCUT2D eigenvalue weighted by molar-refractivity contribution is -0.176. The first kappa shape index (κ1) is 103. The molecular weight excluding hydrogens is 184 g/mol. The van der Waals surface area contributed by atoms with Crippen LogP contribution in [0.5, 0.6) is 0 Å². The molecule has 0 aromatic carbocycles. The van der Waals surface area contributed by atoms with E-state index in [0.717, 1.165) is 0 Å². The summed E-state index contributed by atoms with van der Waals surface area (Å²) in [5.74, 6) is 0. The van der Waals surface area contributed by atoms with Crippen molar-refractivity contribution in [3.8, 4) is 0 Å². The molecule has 0 rings (SSSR count). The van der Waals surface area contributed by atoms with Gasteiger partial charge in [0.05, 0.1) is 0 Å². The third kappa shape index (κ3) is 3000. The van der Waals surface area contributed by atoms with Gasteiger partial charge in [0.25, 0.3) is 0 Å². The predicted octanol–water partition coefficient (Wildman–Crippen LogP) is 0.718. The molecule has 0 saturated heterocycles. The zero-order valence-corrected chi connectivity index (χ0v) is 6.41. The molecule has 0 radical (unpaired) electrons. The Kier molecular flexibility index (Phi) is 35500. The van der Waals surface area contributed by atoms with Gasteiger partial charge < -0.3 is 24.6 Å². The summed E-state index contributed by atoms with van der Waals surface area (Å²) in [4.78, 5) is 0. The van der Waals surface area contributed by atoms with Crippen LogP contribution < -0.4 is 24.6 Å². The maximum Gasteiger partial charge on any atom is -0.255 e. The van der Waals surface area contributed by atoms with Gasteiger partial charge in [0, 0.05) is 0 Å². The fourth-order valence-corrected chi connectivity index (χ4v) is 0. The van der Waals surface area contributed by atoms with Crippen molar-refractivity contribution in [3.63, 3.8) is 0 Å². The van der Waals surface area contributed by atoms with Crippen LogP contribution >= 0.6 is 0 Å². The van der Waals surface area contributed by atoms with Crippen LogP contribution in [0.4, 0.5) is 0 Å². The first-order valence-electron chi connectivity index (χ1n) is 0.800. The van der Waals surface area contributed by atoms with Crippen molar-refractivity contribution in [3.05, 3.63) is 0 Å². The monoisotopic (exact) mass is 204 g/mol. The topological polar surface area (TPSA) is 302 Å². The molecule has 12 heavy (non-hydrogen) atoms. The largest absolute Gasteiger partial charge is 0.344 e. The van der Waals surface area contributed by atoms with Crippen molar-refractivity contribution < 1.29 is 42.1 Å². The van der Waals surface area contributed by atoms with E-state index in [2.05, 4.69) is 0 Å².